The van der Waals surface area contributed by atoms with Crippen LogP contribution in [0.1, 0.15) is 37.8 Å². The first-order valence-electron chi connectivity index (χ1n) is 6.34. The van der Waals surface area contributed by atoms with Gasteiger partial charge in [0.15, 0.2) is 0 Å². The van der Waals surface area contributed by atoms with Crippen LogP contribution in [0.15, 0.2) is 18.2 Å². The van der Waals surface area contributed by atoms with Crippen LogP contribution in [-0.2, 0) is 17.5 Å². The van der Waals surface area contributed by atoms with Gasteiger partial charge in [0, 0.05) is 12.3 Å². The molecule has 0 atom stereocenters. The summed E-state index contributed by atoms with van der Waals surface area (Å²) in [5.41, 5.74) is 4.92. The van der Waals surface area contributed by atoms with E-state index < -0.39 is 11.7 Å². The number of halogens is 3. The second-order valence-corrected chi connectivity index (χ2v) is 5.00. The van der Waals surface area contributed by atoms with Gasteiger partial charge in [0.05, 0.1) is 12.2 Å². The molecular weight excluding hydrogens is 255 g/mol. The van der Waals surface area contributed by atoms with Crippen LogP contribution in [0.25, 0.3) is 0 Å². The summed E-state index contributed by atoms with van der Waals surface area (Å²) in [5.74, 6) is 0.575. The van der Waals surface area contributed by atoms with Crippen molar-refractivity contribution in [2.45, 2.75) is 39.5 Å². The molecule has 5 heteroatoms. The minimum atomic E-state index is -4.40. The summed E-state index contributed by atoms with van der Waals surface area (Å²) < 4.78 is 43.7. The minimum Gasteiger partial charge on any atom is -0.399 e. The first kappa shape index (κ1) is 15.8. The fraction of sp³-hybridized carbons (Fsp3) is 0.571. The molecule has 2 N–H and O–H groups in total. The molecule has 0 unspecified atom stereocenters. The summed E-state index contributed by atoms with van der Waals surface area (Å²) in [6.07, 6.45) is -2.53. The number of rotatable bonds is 6. The average molecular weight is 275 g/mol. The largest absolute Gasteiger partial charge is 0.416 e. The quantitative estimate of drug-likeness (QED) is 0.622. The highest BCUT2D eigenvalue weighted by atomic mass is 19.4. The fourth-order valence-corrected chi connectivity index (χ4v) is 1.76. The van der Waals surface area contributed by atoms with Gasteiger partial charge in [-0.3, -0.25) is 0 Å². The Balaban J connectivity index is 2.58. The maximum Gasteiger partial charge on any atom is 0.416 e. The van der Waals surface area contributed by atoms with Crippen LogP contribution in [0.4, 0.5) is 18.9 Å². The molecule has 0 spiro atoms. The second-order valence-electron chi connectivity index (χ2n) is 5.00. The summed E-state index contributed by atoms with van der Waals surface area (Å²) in [4.78, 5) is 0. The van der Waals surface area contributed by atoms with Gasteiger partial charge in [0.2, 0.25) is 0 Å². The molecule has 0 aliphatic rings. The third kappa shape index (κ3) is 5.51. The molecule has 0 amide bonds. The third-order valence-electron chi connectivity index (χ3n) is 2.77. The lowest BCUT2D eigenvalue weighted by molar-refractivity contribution is -0.138. The molecule has 0 aromatic heterocycles. The predicted molar refractivity (Wildman–Crippen MR) is 69.6 cm³/mol. The van der Waals surface area contributed by atoms with Crippen LogP contribution >= 0.6 is 0 Å². The first-order valence-corrected chi connectivity index (χ1v) is 6.34. The van der Waals surface area contributed by atoms with Crippen molar-refractivity contribution in [3.63, 3.8) is 0 Å². The number of hydrogen-bond acceptors (Lipinski definition) is 2. The standard InChI is InChI=1S/C14H20F3NO/c1-10(2)4-3-7-19-9-11-5-6-12(18)8-13(11)14(15,16)17/h5-6,8,10H,3-4,7,9,18H2,1-2H3. The Morgan fingerprint density at radius 2 is 1.95 bits per heavy atom. The van der Waals surface area contributed by atoms with E-state index in [4.69, 9.17) is 10.5 Å². The van der Waals surface area contributed by atoms with E-state index in [1.165, 1.54) is 12.1 Å². The van der Waals surface area contributed by atoms with E-state index in [1.807, 2.05) is 0 Å². The number of benzene rings is 1. The molecule has 1 rings (SSSR count). The lowest BCUT2D eigenvalue weighted by Crippen LogP contribution is -2.11. The molecule has 1 aromatic rings. The monoisotopic (exact) mass is 275 g/mol. The van der Waals surface area contributed by atoms with Gasteiger partial charge in [-0.1, -0.05) is 19.9 Å². The Morgan fingerprint density at radius 1 is 1.26 bits per heavy atom. The van der Waals surface area contributed by atoms with Gasteiger partial charge in [0.25, 0.3) is 0 Å². The number of nitrogen functional groups attached to an aromatic ring is 1. The van der Waals surface area contributed by atoms with E-state index in [-0.39, 0.29) is 17.9 Å². The fourth-order valence-electron chi connectivity index (χ4n) is 1.76. The maximum absolute atomic E-state index is 12.8. The number of alkyl halides is 3. The Labute approximate surface area is 111 Å². The molecular formula is C14H20F3NO. The number of anilines is 1. The highest BCUT2D eigenvalue weighted by molar-refractivity contribution is 5.45. The molecule has 0 saturated heterocycles. The van der Waals surface area contributed by atoms with E-state index in [1.54, 1.807) is 0 Å². The summed E-state index contributed by atoms with van der Waals surface area (Å²) >= 11 is 0. The van der Waals surface area contributed by atoms with Crippen molar-refractivity contribution in [1.29, 1.82) is 0 Å². The van der Waals surface area contributed by atoms with Crippen molar-refractivity contribution in [3.8, 4) is 0 Å². The van der Waals surface area contributed by atoms with Gasteiger partial charge < -0.3 is 10.5 Å². The Kier molecular flexibility index (Phi) is 5.66. The van der Waals surface area contributed by atoms with Crippen molar-refractivity contribution in [2.75, 3.05) is 12.3 Å². The van der Waals surface area contributed by atoms with Gasteiger partial charge in [0.1, 0.15) is 0 Å². The van der Waals surface area contributed by atoms with Gasteiger partial charge in [-0.2, -0.15) is 13.2 Å². The van der Waals surface area contributed by atoms with Crippen LogP contribution in [0.3, 0.4) is 0 Å². The molecule has 1 aromatic carbocycles. The molecule has 0 heterocycles. The van der Waals surface area contributed by atoms with Crippen molar-refractivity contribution in [2.24, 2.45) is 5.92 Å². The Bertz CT molecular complexity index is 402. The molecule has 0 saturated carbocycles. The topological polar surface area (TPSA) is 35.2 Å². The molecule has 0 aliphatic carbocycles. The number of hydrogen-bond donors (Lipinski definition) is 1. The Morgan fingerprint density at radius 3 is 2.53 bits per heavy atom. The number of ether oxygens (including phenoxy) is 1. The molecule has 0 radical (unpaired) electrons. The van der Waals surface area contributed by atoms with Crippen molar-refractivity contribution in [1.82, 2.24) is 0 Å². The van der Waals surface area contributed by atoms with Gasteiger partial charge in [-0.25, -0.2) is 0 Å². The SMILES string of the molecule is CC(C)CCCOCc1ccc(N)cc1C(F)(F)F. The van der Waals surface area contributed by atoms with E-state index in [9.17, 15) is 13.2 Å². The predicted octanol–water partition coefficient (Wildman–Crippen LogP) is 4.24. The zero-order valence-electron chi connectivity index (χ0n) is 11.3. The van der Waals surface area contributed by atoms with Crippen LogP contribution in [-0.4, -0.2) is 6.61 Å². The van der Waals surface area contributed by atoms with E-state index >= 15 is 0 Å². The van der Waals surface area contributed by atoms with Gasteiger partial charge in [-0.15, -0.1) is 0 Å². The average Bonchev–Trinajstić information content (AvgIpc) is 2.28. The lowest BCUT2D eigenvalue weighted by Gasteiger charge is -2.14. The highest BCUT2D eigenvalue weighted by Crippen LogP contribution is 2.33. The van der Waals surface area contributed by atoms with Crippen LogP contribution < -0.4 is 5.73 Å². The summed E-state index contributed by atoms with van der Waals surface area (Å²) in [6.45, 7) is 4.64. The molecule has 0 aliphatic heterocycles. The summed E-state index contributed by atoms with van der Waals surface area (Å²) in [7, 11) is 0. The van der Waals surface area contributed by atoms with E-state index in [0.29, 0.717) is 12.5 Å². The van der Waals surface area contributed by atoms with Crippen molar-refractivity contribution >= 4 is 5.69 Å². The van der Waals surface area contributed by atoms with Crippen molar-refractivity contribution in [3.05, 3.63) is 29.3 Å². The number of nitrogens with two attached hydrogens (primary N) is 1. The third-order valence-corrected chi connectivity index (χ3v) is 2.77. The normalized spacial score (nSPS) is 12.1. The lowest BCUT2D eigenvalue weighted by atomic mass is 10.1. The molecule has 0 fully saturated rings. The van der Waals surface area contributed by atoms with E-state index in [2.05, 4.69) is 13.8 Å². The van der Waals surface area contributed by atoms with Gasteiger partial charge in [-0.05, 0) is 36.5 Å². The smallest absolute Gasteiger partial charge is 0.399 e. The zero-order valence-corrected chi connectivity index (χ0v) is 11.3. The highest BCUT2D eigenvalue weighted by Gasteiger charge is 2.33. The van der Waals surface area contributed by atoms with Crippen LogP contribution in [0.2, 0.25) is 0 Å². The molecule has 108 valence electrons. The molecule has 19 heavy (non-hydrogen) atoms. The second kappa shape index (κ2) is 6.80. The summed E-state index contributed by atoms with van der Waals surface area (Å²) in [5, 5.41) is 0. The van der Waals surface area contributed by atoms with Gasteiger partial charge >= 0.3 is 6.18 Å². The van der Waals surface area contributed by atoms with Crippen LogP contribution in [0, 0.1) is 5.92 Å². The Hall–Kier alpha value is -1.23. The van der Waals surface area contributed by atoms with Crippen molar-refractivity contribution < 1.29 is 17.9 Å². The summed E-state index contributed by atoms with van der Waals surface area (Å²) in [6, 6.07) is 3.79. The molecule has 0 bridgehead atoms. The zero-order chi connectivity index (χ0) is 14.5. The van der Waals surface area contributed by atoms with E-state index in [0.717, 1.165) is 18.9 Å². The van der Waals surface area contributed by atoms with Crippen LogP contribution in [0.5, 0.6) is 0 Å². The first-order chi connectivity index (χ1) is 8.80. The minimum absolute atomic E-state index is 0.0345. The molecule has 2 nitrogen and oxygen atoms in total. The maximum atomic E-state index is 12.8.